The van der Waals surface area contributed by atoms with Gasteiger partial charge in [-0.15, -0.1) is 11.8 Å². The van der Waals surface area contributed by atoms with Crippen LogP contribution < -0.4 is 0 Å². The average Bonchev–Trinajstić information content (AvgIpc) is 2.47. The van der Waals surface area contributed by atoms with Crippen LogP contribution in [0.3, 0.4) is 0 Å². The number of ether oxygens (including phenoxy) is 1. The van der Waals surface area contributed by atoms with Crippen molar-refractivity contribution < 1.29 is 4.74 Å². The highest BCUT2D eigenvalue weighted by molar-refractivity contribution is 8.00. The van der Waals surface area contributed by atoms with Gasteiger partial charge in [0.2, 0.25) is 0 Å². The Kier molecular flexibility index (Phi) is 2.38. The molecular weight excluding hydrogens is 168 g/mol. The molecule has 0 fully saturated rings. The lowest BCUT2D eigenvalue weighted by Gasteiger charge is -2.04. The first-order chi connectivity index (χ1) is 5.90. The van der Waals surface area contributed by atoms with Crippen LogP contribution in [0, 0.1) is 0 Å². The molecule has 0 radical (unpaired) electrons. The molecule has 2 rings (SSSR count). The van der Waals surface area contributed by atoms with Gasteiger partial charge in [0, 0.05) is 17.3 Å². The average molecular weight is 180 g/mol. The Morgan fingerprint density at radius 1 is 1.50 bits per heavy atom. The maximum Gasteiger partial charge on any atom is 0.0587 e. The molecule has 0 saturated heterocycles. The third-order valence-corrected chi connectivity index (χ3v) is 3.35. The van der Waals surface area contributed by atoms with E-state index in [-0.39, 0.29) is 0 Å². The van der Waals surface area contributed by atoms with E-state index in [9.17, 15) is 0 Å². The molecule has 2 heteroatoms. The Labute approximate surface area is 77.1 Å². The summed E-state index contributed by atoms with van der Waals surface area (Å²) >= 11 is 1.94. The maximum absolute atomic E-state index is 5.14. The van der Waals surface area contributed by atoms with Gasteiger partial charge in [0.25, 0.3) is 0 Å². The van der Waals surface area contributed by atoms with Crippen molar-refractivity contribution in [3.05, 3.63) is 29.8 Å². The molecule has 0 aromatic heterocycles. The van der Waals surface area contributed by atoms with Crippen molar-refractivity contribution in [3.8, 4) is 0 Å². The Morgan fingerprint density at radius 2 is 2.33 bits per heavy atom. The zero-order valence-electron chi connectivity index (χ0n) is 7.12. The summed E-state index contributed by atoms with van der Waals surface area (Å²) in [5.41, 5.74) is 1.48. The molecule has 0 N–H and O–H groups in total. The Morgan fingerprint density at radius 3 is 3.08 bits per heavy atom. The summed E-state index contributed by atoms with van der Waals surface area (Å²) < 4.78 is 5.14. The Balaban J connectivity index is 2.11. The van der Waals surface area contributed by atoms with Gasteiger partial charge in [-0.05, 0) is 18.1 Å². The SMILES string of the molecule is COCC1Cc2ccccc2S1. The monoisotopic (exact) mass is 180 g/mol. The lowest BCUT2D eigenvalue weighted by Crippen LogP contribution is -2.08. The predicted molar refractivity (Wildman–Crippen MR) is 51.7 cm³/mol. The van der Waals surface area contributed by atoms with Crippen LogP contribution in [-0.4, -0.2) is 19.0 Å². The minimum absolute atomic E-state index is 0.632. The quantitative estimate of drug-likeness (QED) is 0.691. The van der Waals surface area contributed by atoms with Gasteiger partial charge < -0.3 is 4.74 Å². The number of hydrogen-bond donors (Lipinski definition) is 0. The number of methoxy groups -OCH3 is 1. The molecule has 12 heavy (non-hydrogen) atoms. The van der Waals surface area contributed by atoms with E-state index in [0.717, 1.165) is 13.0 Å². The van der Waals surface area contributed by atoms with Gasteiger partial charge in [-0.25, -0.2) is 0 Å². The van der Waals surface area contributed by atoms with Gasteiger partial charge in [-0.3, -0.25) is 0 Å². The fourth-order valence-corrected chi connectivity index (χ4v) is 2.82. The van der Waals surface area contributed by atoms with Gasteiger partial charge in [0.05, 0.1) is 6.61 Å². The number of rotatable bonds is 2. The molecule has 0 saturated carbocycles. The minimum atomic E-state index is 0.632. The van der Waals surface area contributed by atoms with Crippen molar-refractivity contribution in [2.45, 2.75) is 16.6 Å². The van der Waals surface area contributed by atoms with Crippen LogP contribution in [0.25, 0.3) is 0 Å². The van der Waals surface area contributed by atoms with E-state index in [0.29, 0.717) is 5.25 Å². The minimum Gasteiger partial charge on any atom is -0.384 e. The van der Waals surface area contributed by atoms with Crippen LogP contribution in [0.2, 0.25) is 0 Å². The van der Waals surface area contributed by atoms with Crippen molar-refractivity contribution in [2.75, 3.05) is 13.7 Å². The van der Waals surface area contributed by atoms with Crippen LogP contribution in [0.4, 0.5) is 0 Å². The summed E-state index contributed by atoms with van der Waals surface area (Å²) in [5.74, 6) is 0. The van der Waals surface area contributed by atoms with Gasteiger partial charge in [0.15, 0.2) is 0 Å². The van der Waals surface area contributed by atoms with E-state index in [1.165, 1.54) is 10.5 Å². The topological polar surface area (TPSA) is 9.23 Å². The van der Waals surface area contributed by atoms with Crippen molar-refractivity contribution in [1.29, 1.82) is 0 Å². The molecule has 0 amide bonds. The number of hydrogen-bond acceptors (Lipinski definition) is 2. The maximum atomic E-state index is 5.14. The number of benzene rings is 1. The van der Waals surface area contributed by atoms with Gasteiger partial charge in [-0.1, -0.05) is 18.2 Å². The predicted octanol–water partition coefficient (Wildman–Crippen LogP) is 2.35. The zero-order valence-corrected chi connectivity index (χ0v) is 7.93. The molecule has 64 valence electrons. The second-order valence-electron chi connectivity index (χ2n) is 3.01. The summed E-state index contributed by atoms with van der Waals surface area (Å²) in [6.07, 6.45) is 1.16. The van der Waals surface area contributed by atoms with Crippen molar-refractivity contribution in [3.63, 3.8) is 0 Å². The third-order valence-electron chi connectivity index (χ3n) is 2.07. The molecule has 0 bridgehead atoms. The van der Waals surface area contributed by atoms with Crippen molar-refractivity contribution in [2.24, 2.45) is 0 Å². The van der Waals surface area contributed by atoms with Crippen LogP contribution in [0.15, 0.2) is 29.2 Å². The second kappa shape index (κ2) is 3.50. The highest BCUT2D eigenvalue weighted by atomic mass is 32.2. The van der Waals surface area contributed by atoms with Crippen molar-refractivity contribution in [1.82, 2.24) is 0 Å². The standard InChI is InChI=1S/C10H12OS/c1-11-7-9-6-8-4-2-3-5-10(8)12-9/h2-5,9H,6-7H2,1H3. The summed E-state index contributed by atoms with van der Waals surface area (Å²) in [6.45, 7) is 0.860. The first kappa shape index (κ1) is 8.14. The van der Waals surface area contributed by atoms with E-state index < -0.39 is 0 Å². The van der Waals surface area contributed by atoms with Gasteiger partial charge >= 0.3 is 0 Å². The summed E-state index contributed by atoms with van der Waals surface area (Å²) in [4.78, 5) is 1.43. The highest BCUT2D eigenvalue weighted by Crippen LogP contribution is 2.36. The molecule has 1 aliphatic heterocycles. The second-order valence-corrected chi connectivity index (χ2v) is 4.35. The highest BCUT2D eigenvalue weighted by Gasteiger charge is 2.20. The molecule has 0 spiro atoms. The lowest BCUT2D eigenvalue weighted by molar-refractivity contribution is 0.200. The molecule has 0 aliphatic carbocycles. The smallest absolute Gasteiger partial charge is 0.0587 e. The molecule has 1 aromatic carbocycles. The molecule has 1 atom stereocenters. The van der Waals surface area contributed by atoms with Gasteiger partial charge in [0.1, 0.15) is 0 Å². The Hall–Kier alpha value is -0.470. The zero-order chi connectivity index (χ0) is 8.39. The fourth-order valence-electron chi connectivity index (χ4n) is 1.53. The van der Waals surface area contributed by atoms with Crippen LogP contribution in [0.1, 0.15) is 5.56 Å². The first-order valence-electron chi connectivity index (χ1n) is 4.13. The largest absolute Gasteiger partial charge is 0.384 e. The van der Waals surface area contributed by atoms with Crippen molar-refractivity contribution >= 4 is 11.8 Å². The molecule has 1 heterocycles. The van der Waals surface area contributed by atoms with Crippen LogP contribution in [0.5, 0.6) is 0 Å². The van der Waals surface area contributed by atoms with Crippen LogP contribution in [-0.2, 0) is 11.2 Å². The van der Waals surface area contributed by atoms with E-state index in [2.05, 4.69) is 24.3 Å². The van der Waals surface area contributed by atoms with E-state index in [1.54, 1.807) is 7.11 Å². The number of thioether (sulfide) groups is 1. The molecule has 1 aliphatic rings. The number of fused-ring (bicyclic) bond motifs is 1. The van der Waals surface area contributed by atoms with Gasteiger partial charge in [-0.2, -0.15) is 0 Å². The normalized spacial score (nSPS) is 20.9. The summed E-state index contributed by atoms with van der Waals surface area (Å²) in [6, 6.07) is 8.60. The molecular formula is C10H12OS. The Bertz CT molecular complexity index is 247. The molecule has 1 aromatic rings. The summed E-state index contributed by atoms with van der Waals surface area (Å²) in [5, 5.41) is 0.632. The molecule has 1 unspecified atom stereocenters. The molecule has 1 nitrogen and oxygen atoms in total. The first-order valence-corrected chi connectivity index (χ1v) is 5.01. The third kappa shape index (κ3) is 1.50. The van der Waals surface area contributed by atoms with E-state index in [1.807, 2.05) is 11.8 Å². The van der Waals surface area contributed by atoms with E-state index >= 15 is 0 Å². The van der Waals surface area contributed by atoms with Crippen LogP contribution >= 0.6 is 11.8 Å². The van der Waals surface area contributed by atoms with E-state index in [4.69, 9.17) is 4.74 Å². The fraction of sp³-hybridized carbons (Fsp3) is 0.400. The summed E-state index contributed by atoms with van der Waals surface area (Å²) in [7, 11) is 1.77. The lowest BCUT2D eigenvalue weighted by atomic mass is 10.1.